The second-order valence-corrected chi connectivity index (χ2v) is 10.9. The van der Waals surface area contributed by atoms with Crippen molar-refractivity contribution in [3.8, 4) is 28.5 Å². The van der Waals surface area contributed by atoms with E-state index < -0.39 is 9.84 Å². The van der Waals surface area contributed by atoms with Gasteiger partial charge in [0.15, 0.2) is 9.84 Å². The predicted octanol–water partition coefficient (Wildman–Crippen LogP) is 5.52. The smallest absolute Gasteiger partial charge is 0.175 e. The molecule has 3 rings (SSSR count). The fourth-order valence-corrected chi connectivity index (χ4v) is 4.07. The number of ether oxygens (including phenoxy) is 3. The van der Waals surface area contributed by atoms with Crippen molar-refractivity contribution in [1.82, 2.24) is 4.57 Å². The first-order valence-electron chi connectivity index (χ1n) is 10.4. The average Bonchev–Trinajstić information content (AvgIpc) is 3.18. The van der Waals surface area contributed by atoms with Crippen LogP contribution in [-0.2, 0) is 20.1 Å². The topological polar surface area (TPSA) is 66.8 Å². The summed E-state index contributed by atoms with van der Waals surface area (Å²) in [4.78, 5) is 0.249. The third-order valence-electron chi connectivity index (χ3n) is 4.87. The fourth-order valence-electron chi connectivity index (χ4n) is 3.44. The van der Waals surface area contributed by atoms with Crippen LogP contribution in [0.3, 0.4) is 0 Å². The van der Waals surface area contributed by atoms with Crippen molar-refractivity contribution in [2.75, 3.05) is 20.0 Å². The van der Waals surface area contributed by atoms with Crippen molar-refractivity contribution >= 4 is 9.84 Å². The van der Waals surface area contributed by atoms with Crippen LogP contribution in [0.25, 0.3) is 11.3 Å². The molecular formula is C25H31NO5S. The van der Waals surface area contributed by atoms with Crippen molar-refractivity contribution < 1.29 is 22.6 Å². The van der Waals surface area contributed by atoms with Gasteiger partial charge < -0.3 is 18.8 Å². The summed E-state index contributed by atoms with van der Waals surface area (Å²) in [5.41, 5.74) is 1.90. The number of aromatic nitrogens is 1. The largest absolute Gasteiger partial charge is 0.488 e. The molecule has 0 saturated heterocycles. The highest BCUT2D eigenvalue weighted by Crippen LogP contribution is 2.35. The Kier molecular flexibility index (Phi) is 7.00. The first-order valence-corrected chi connectivity index (χ1v) is 12.3. The summed E-state index contributed by atoms with van der Waals surface area (Å²) in [5.74, 6) is 1.80. The molecule has 172 valence electrons. The van der Waals surface area contributed by atoms with E-state index in [-0.39, 0.29) is 16.5 Å². The number of methoxy groups -OCH3 is 1. The summed E-state index contributed by atoms with van der Waals surface area (Å²) < 4.78 is 43.0. The zero-order valence-electron chi connectivity index (χ0n) is 19.5. The minimum atomic E-state index is -3.26. The van der Waals surface area contributed by atoms with E-state index in [1.54, 1.807) is 19.2 Å². The highest BCUT2D eigenvalue weighted by molar-refractivity contribution is 7.90. The first kappa shape index (κ1) is 23.9. The maximum Gasteiger partial charge on any atom is 0.175 e. The zero-order chi connectivity index (χ0) is 23.5. The van der Waals surface area contributed by atoms with Gasteiger partial charge in [-0.25, -0.2) is 8.42 Å². The van der Waals surface area contributed by atoms with Crippen LogP contribution in [0.2, 0.25) is 0 Å². The van der Waals surface area contributed by atoms with Crippen molar-refractivity contribution in [2.24, 2.45) is 0 Å². The van der Waals surface area contributed by atoms with Gasteiger partial charge in [0.1, 0.15) is 23.4 Å². The molecule has 0 amide bonds. The molecule has 0 bridgehead atoms. The number of hydrogen-bond acceptors (Lipinski definition) is 5. The quantitative estimate of drug-likeness (QED) is 0.446. The number of hydrogen-bond donors (Lipinski definition) is 0. The van der Waals surface area contributed by atoms with Gasteiger partial charge >= 0.3 is 0 Å². The van der Waals surface area contributed by atoms with Gasteiger partial charge in [-0.05, 0) is 76.2 Å². The van der Waals surface area contributed by atoms with E-state index in [9.17, 15) is 8.42 Å². The standard InChI is InChI=1S/C25H31NO5S/c1-18(17-29-5)30-21-14-19(24-8-7-13-26(24)25(2,3)4)15-22(16-21)31-20-9-11-23(12-10-20)32(6,27)28/h7-16,18H,17H2,1-6H3/t18-/m0/s1. The molecule has 1 heterocycles. The minimum absolute atomic E-state index is 0.0957. The lowest BCUT2D eigenvalue weighted by Crippen LogP contribution is -2.21. The lowest BCUT2D eigenvalue weighted by molar-refractivity contribution is 0.0920. The normalized spacial score (nSPS) is 13.1. The molecule has 3 aromatic rings. The Morgan fingerprint density at radius 3 is 2.22 bits per heavy atom. The fraction of sp³-hybridized carbons (Fsp3) is 0.360. The van der Waals surface area contributed by atoms with Crippen LogP contribution in [0.4, 0.5) is 0 Å². The zero-order valence-corrected chi connectivity index (χ0v) is 20.3. The minimum Gasteiger partial charge on any atom is -0.488 e. The summed E-state index contributed by atoms with van der Waals surface area (Å²) in [6.45, 7) is 8.86. The van der Waals surface area contributed by atoms with Crippen molar-refractivity contribution in [2.45, 2.75) is 44.2 Å². The second kappa shape index (κ2) is 9.38. The van der Waals surface area contributed by atoms with E-state index in [0.29, 0.717) is 23.9 Å². The van der Waals surface area contributed by atoms with Gasteiger partial charge in [-0.1, -0.05) is 0 Å². The van der Waals surface area contributed by atoms with Gasteiger partial charge in [0, 0.05) is 42.4 Å². The number of rotatable bonds is 8. The lowest BCUT2D eigenvalue weighted by atomic mass is 10.1. The van der Waals surface area contributed by atoms with Crippen LogP contribution >= 0.6 is 0 Å². The average molecular weight is 458 g/mol. The molecule has 6 nitrogen and oxygen atoms in total. The van der Waals surface area contributed by atoms with Crippen molar-refractivity contribution in [3.05, 3.63) is 60.8 Å². The summed E-state index contributed by atoms with van der Waals surface area (Å²) in [6.07, 6.45) is 3.11. The van der Waals surface area contributed by atoms with Crippen LogP contribution in [-0.4, -0.2) is 39.1 Å². The Balaban J connectivity index is 2.00. The number of sulfone groups is 1. The van der Waals surface area contributed by atoms with Gasteiger partial charge in [0.25, 0.3) is 0 Å². The lowest BCUT2D eigenvalue weighted by Gasteiger charge is -2.25. The summed E-state index contributed by atoms with van der Waals surface area (Å²) in [6, 6.07) is 16.2. The molecule has 0 spiro atoms. The maximum atomic E-state index is 11.7. The molecule has 0 unspecified atom stereocenters. The van der Waals surface area contributed by atoms with Crippen LogP contribution in [0.5, 0.6) is 17.2 Å². The van der Waals surface area contributed by atoms with Crippen LogP contribution in [0, 0.1) is 0 Å². The van der Waals surface area contributed by atoms with Crippen LogP contribution in [0.1, 0.15) is 27.7 Å². The van der Waals surface area contributed by atoms with Gasteiger partial charge in [-0.2, -0.15) is 0 Å². The highest BCUT2D eigenvalue weighted by atomic mass is 32.2. The Bertz CT molecular complexity index is 1160. The van der Waals surface area contributed by atoms with Crippen molar-refractivity contribution in [1.29, 1.82) is 0 Å². The van der Waals surface area contributed by atoms with E-state index >= 15 is 0 Å². The van der Waals surface area contributed by atoms with Crippen LogP contribution in [0.15, 0.2) is 65.7 Å². The number of benzene rings is 2. The molecule has 32 heavy (non-hydrogen) atoms. The summed E-state index contributed by atoms with van der Waals surface area (Å²) in [7, 11) is -1.62. The molecule has 0 aliphatic carbocycles. The Hall–Kier alpha value is -2.77. The first-order chi connectivity index (χ1) is 15.0. The van der Waals surface area contributed by atoms with E-state index in [2.05, 4.69) is 37.6 Å². The molecule has 0 radical (unpaired) electrons. The highest BCUT2D eigenvalue weighted by Gasteiger charge is 2.18. The predicted molar refractivity (Wildman–Crippen MR) is 126 cm³/mol. The van der Waals surface area contributed by atoms with E-state index in [4.69, 9.17) is 14.2 Å². The Labute approximate surface area is 190 Å². The maximum absolute atomic E-state index is 11.7. The van der Waals surface area contributed by atoms with Gasteiger partial charge in [0.2, 0.25) is 0 Å². The molecule has 2 aromatic carbocycles. The Morgan fingerprint density at radius 2 is 1.62 bits per heavy atom. The molecule has 1 aromatic heterocycles. The van der Waals surface area contributed by atoms with Gasteiger partial charge in [-0.3, -0.25) is 0 Å². The third kappa shape index (κ3) is 5.93. The SMILES string of the molecule is COC[C@H](C)Oc1cc(Oc2ccc(S(C)(=O)=O)cc2)cc(-c2cccn2C(C)(C)C)c1. The van der Waals surface area contributed by atoms with Gasteiger partial charge in [-0.15, -0.1) is 0 Å². The van der Waals surface area contributed by atoms with E-state index in [0.717, 1.165) is 11.3 Å². The van der Waals surface area contributed by atoms with Gasteiger partial charge in [0.05, 0.1) is 11.5 Å². The molecule has 0 aliphatic rings. The van der Waals surface area contributed by atoms with Crippen LogP contribution < -0.4 is 9.47 Å². The third-order valence-corrected chi connectivity index (χ3v) is 6.00. The molecular weight excluding hydrogens is 426 g/mol. The molecule has 1 atom stereocenters. The van der Waals surface area contributed by atoms with E-state index in [1.807, 2.05) is 31.2 Å². The van der Waals surface area contributed by atoms with Crippen molar-refractivity contribution in [3.63, 3.8) is 0 Å². The van der Waals surface area contributed by atoms with E-state index in [1.165, 1.54) is 18.4 Å². The number of nitrogens with zero attached hydrogens (tertiary/aromatic N) is 1. The molecule has 7 heteroatoms. The second-order valence-electron chi connectivity index (χ2n) is 8.86. The molecule has 0 saturated carbocycles. The molecule has 0 N–H and O–H groups in total. The Morgan fingerprint density at radius 1 is 0.969 bits per heavy atom. The monoisotopic (exact) mass is 457 g/mol. The summed E-state index contributed by atoms with van der Waals surface area (Å²) >= 11 is 0. The molecule has 0 fully saturated rings. The molecule has 0 aliphatic heterocycles. The summed E-state index contributed by atoms with van der Waals surface area (Å²) in [5, 5.41) is 0.